The minimum absolute atomic E-state index is 0.0117. The number of carbonyl (C=O) groups excluding carboxylic acids is 3. The van der Waals surface area contributed by atoms with Gasteiger partial charge in [-0.3, -0.25) is 19.3 Å². The van der Waals surface area contributed by atoms with E-state index in [1.165, 1.54) is 13.5 Å². The number of piperazine rings is 1. The fourth-order valence-electron chi connectivity index (χ4n) is 5.06. The van der Waals surface area contributed by atoms with Gasteiger partial charge < -0.3 is 14.5 Å². The van der Waals surface area contributed by atoms with Crippen molar-refractivity contribution in [2.75, 3.05) is 39.8 Å². The fourth-order valence-corrected chi connectivity index (χ4v) is 5.06. The third kappa shape index (κ3) is 4.01. The summed E-state index contributed by atoms with van der Waals surface area (Å²) in [5, 5.41) is 0. The highest BCUT2D eigenvalue weighted by Crippen LogP contribution is 2.43. The molecule has 0 spiro atoms. The molecule has 0 aliphatic carbocycles. The predicted molar refractivity (Wildman–Crippen MR) is 107 cm³/mol. The number of methoxy groups -OCH3 is 1. The van der Waals surface area contributed by atoms with Crippen molar-refractivity contribution in [3.8, 4) is 0 Å². The summed E-state index contributed by atoms with van der Waals surface area (Å²) in [4.78, 5) is 44.1. The number of nitrogens with zero attached hydrogens (tertiary/aromatic N) is 3. The molecule has 0 saturated carbocycles. The van der Waals surface area contributed by atoms with Crippen LogP contribution in [0, 0.1) is 5.92 Å². The van der Waals surface area contributed by atoms with Crippen molar-refractivity contribution in [2.24, 2.45) is 5.92 Å². The van der Waals surface area contributed by atoms with Gasteiger partial charge >= 0.3 is 5.97 Å². The van der Waals surface area contributed by atoms with Gasteiger partial charge in [-0.1, -0.05) is 36.8 Å². The van der Waals surface area contributed by atoms with Crippen molar-refractivity contribution in [1.29, 1.82) is 0 Å². The summed E-state index contributed by atoms with van der Waals surface area (Å²) in [6, 6.07) is 9.16. The van der Waals surface area contributed by atoms with E-state index in [2.05, 4.69) is 4.90 Å². The lowest BCUT2D eigenvalue weighted by Crippen LogP contribution is -2.57. The average Bonchev–Trinajstić information content (AvgIpc) is 3.14. The molecule has 29 heavy (non-hydrogen) atoms. The zero-order valence-corrected chi connectivity index (χ0v) is 17.0. The normalized spacial score (nSPS) is 27.6. The van der Waals surface area contributed by atoms with Crippen LogP contribution in [0.15, 0.2) is 30.3 Å². The molecular weight excluding hydrogens is 370 g/mol. The number of rotatable bonds is 4. The molecule has 3 aliphatic rings. The summed E-state index contributed by atoms with van der Waals surface area (Å²) >= 11 is 0. The Balaban J connectivity index is 1.51. The highest BCUT2D eigenvalue weighted by Gasteiger charge is 2.51. The van der Waals surface area contributed by atoms with Crippen molar-refractivity contribution < 1.29 is 19.1 Å². The SMILES string of the molecule is COC(=O)[C@H]1C[C@H]2CN(C(=O)CN3CCCCC3)CC(=O)N2[C@H]1c1ccccc1. The molecule has 0 N–H and O–H groups in total. The maximum absolute atomic E-state index is 13.1. The Morgan fingerprint density at radius 1 is 1.10 bits per heavy atom. The topological polar surface area (TPSA) is 70.2 Å². The number of fused-ring (bicyclic) bond motifs is 1. The Morgan fingerprint density at radius 2 is 1.83 bits per heavy atom. The van der Waals surface area contributed by atoms with Gasteiger partial charge in [0.15, 0.2) is 0 Å². The van der Waals surface area contributed by atoms with Crippen LogP contribution in [-0.2, 0) is 19.1 Å². The van der Waals surface area contributed by atoms with Crippen LogP contribution >= 0.6 is 0 Å². The fraction of sp³-hybridized carbons (Fsp3) is 0.591. The van der Waals surface area contributed by atoms with Gasteiger partial charge in [0.25, 0.3) is 0 Å². The summed E-state index contributed by atoms with van der Waals surface area (Å²) in [7, 11) is 1.39. The second kappa shape index (κ2) is 8.53. The third-order valence-electron chi connectivity index (χ3n) is 6.45. The van der Waals surface area contributed by atoms with E-state index in [1.54, 1.807) is 4.90 Å². The van der Waals surface area contributed by atoms with Gasteiger partial charge in [-0.2, -0.15) is 0 Å². The number of benzene rings is 1. The number of piperidine rings is 1. The predicted octanol–water partition coefficient (Wildman–Crippen LogP) is 1.45. The van der Waals surface area contributed by atoms with Gasteiger partial charge in [0.1, 0.15) is 0 Å². The summed E-state index contributed by atoms with van der Waals surface area (Å²) in [6.07, 6.45) is 4.00. The maximum Gasteiger partial charge on any atom is 0.311 e. The van der Waals surface area contributed by atoms with Crippen LogP contribution in [0.4, 0.5) is 0 Å². The molecular formula is C22H29N3O4. The van der Waals surface area contributed by atoms with Crippen LogP contribution in [0.3, 0.4) is 0 Å². The average molecular weight is 399 g/mol. The first-order chi connectivity index (χ1) is 14.1. The molecule has 7 heteroatoms. The minimum Gasteiger partial charge on any atom is -0.469 e. The quantitative estimate of drug-likeness (QED) is 0.717. The van der Waals surface area contributed by atoms with E-state index in [0.717, 1.165) is 31.5 Å². The number of ether oxygens (including phenoxy) is 1. The molecule has 3 aliphatic heterocycles. The van der Waals surface area contributed by atoms with E-state index < -0.39 is 5.92 Å². The van der Waals surface area contributed by atoms with Crippen LogP contribution in [-0.4, -0.2) is 78.4 Å². The summed E-state index contributed by atoms with van der Waals surface area (Å²) in [6.45, 7) is 2.84. The molecule has 0 radical (unpaired) electrons. The van der Waals surface area contributed by atoms with Gasteiger partial charge in [-0.15, -0.1) is 0 Å². The molecule has 3 fully saturated rings. The van der Waals surface area contributed by atoms with Crippen LogP contribution in [0.25, 0.3) is 0 Å². The number of likely N-dealkylation sites (tertiary alicyclic amines) is 1. The van der Waals surface area contributed by atoms with E-state index in [-0.39, 0.29) is 36.4 Å². The Morgan fingerprint density at radius 3 is 2.52 bits per heavy atom. The van der Waals surface area contributed by atoms with Crippen LogP contribution in [0.2, 0.25) is 0 Å². The van der Waals surface area contributed by atoms with Gasteiger partial charge in [0, 0.05) is 6.54 Å². The summed E-state index contributed by atoms with van der Waals surface area (Å²) in [5.74, 6) is -0.785. The number of carbonyl (C=O) groups is 3. The molecule has 7 nitrogen and oxygen atoms in total. The highest BCUT2D eigenvalue weighted by molar-refractivity contribution is 5.88. The monoisotopic (exact) mass is 399 g/mol. The third-order valence-corrected chi connectivity index (χ3v) is 6.45. The molecule has 4 rings (SSSR count). The second-order valence-electron chi connectivity index (χ2n) is 8.29. The molecule has 1 aromatic carbocycles. The molecule has 3 heterocycles. The van der Waals surface area contributed by atoms with Gasteiger partial charge in [-0.05, 0) is 37.9 Å². The highest BCUT2D eigenvalue weighted by atomic mass is 16.5. The molecule has 0 bridgehead atoms. The van der Waals surface area contributed by atoms with Crippen LogP contribution in [0.1, 0.15) is 37.3 Å². The second-order valence-corrected chi connectivity index (χ2v) is 8.29. The van der Waals surface area contributed by atoms with Crippen molar-refractivity contribution >= 4 is 17.8 Å². The first kappa shape index (κ1) is 19.9. The molecule has 3 atom stereocenters. The number of esters is 1. The molecule has 0 unspecified atom stereocenters. The Bertz CT molecular complexity index is 763. The standard InChI is InChI=1S/C22H29N3O4/c1-29-22(28)18-12-17-13-24(19(26)14-23-10-6-3-7-11-23)15-20(27)25(17)21(18)16-8-4-2-5-9-16/h2,4-5,8-9,17-18,21H,3,6-7,10-15H2,1H3/t17-,18-,21-/m0/s1. The number of amides is 2. The number of hydrogen-bond acceptors (Lipinski definition) is 5. The van der Waals surface area contributed by atoms with Gasteiger partial charge in [-0.25, -0.2) is 0 Å². The molecule has 0 aromatic heterocycles. The van der Waals surface area contributed by atoms with E-state index in [4.69, 9.17) is 4.74 Å². The molecule has 1 aromatic rings. The number of hydrogen-bond donors (Lipinski definition) is 0. The van der Waals surface area contributed by atoms with Crippen molar-refractivity contribution in [1.82, 2.24) is 14.7 Å². The Labute approximate surface area is 171 Å². The Hall–Kier alpha value is -2.41. The van der Waals surface area contributed by atoms with Crippen molar-refractivity contribution in [3.05, 3.63) is 35.9 Å². The lowest BCUT2D eigenvalue weighted by Gasteiger charge is -2.40. The zero-order valence-electron chi connectivity index (χ0n) is 17.0. The summed E-state index contributed by atoms with van der Waals surface area (Å²) in [5.41, 5.74) is 0.937. The Kier molecular flexibility index (Phi) is 5.85. The zero-order chi connectivity index (χ0) is 20.4. The lowest BCUT2D eigenvalue weighted by atomic mass is 9.93. The minimum atomic E-state index is -0.409. The van der Waals surface area contributed by atoms with Crippen molar-refractivity contribution in [2.45, 2.75) is 37.8 Å². The maximum atomic E-state index is 13.1. The van der Waals surface area contributed by atoms with Gasteiger partial charge in [0.05, 0.1) is 38.2 Å². The molecule has 156 valence electrons. The first-order valence-electron chi connectivity index (χ1n) is 10.5. The largest absolute Gasteiger partial charge is 0.469 e. The molecule has 2 amide bonds. The van der Waals surface area contributed by atoms with E-state index >= 15 is 0 Å². The lowest BCUT2D eigenvalue weighted by molar-refractivity contribution is -0.151. The summed E-state index contributed by atoms with van der Waals surface area (Å²) < 4.78 is 5.04. The first-order valence-corrected chi connectivity index (χ1v) is 10.5. The van der Waals surface area contributed by atoms with E-state index in [0.29, 0.717) is 19.5 Å². The smallest absolute Gasteiger partial charge is 0.311 e. The molecule has 3 saturated heterocycles. The van der Waals surface area contributed by atoms with Crippen molar-refractivity contribution in [3.63, 3.8) is 0 Å². The van der Waals surface area contributed by atoms with Crippen LogP contribution < -0.4 is 0 Å². The van der Waals surface area contributed by atoms with E-state index in [1.807, 2.05) is 35.2 Å². The van der Waals surface area contributed by atoms with E-state index in [9.17, 15) is 14.4 Å². The van der Waals surface area contributed by atoms with Crippen LogP contribution in [0.5, 0.6) is 0 Å². The van der Waals surface area contributed by atoms with Gasteiger partial charge in [0.2, 0.25) is 11.8 Å².